The van der Waals surface area contributed by atoms with Gasteiger partial charge in [0, 0.05) is 25.7 Å². The van der Waals surface area contributed by atoms with Crippen LogP contribution in [0.1, 0.15) is 56.6 Å². The molecule has 2 unspecified atom stereocenters. The van der Waals surface area contributed by atoms with Gasteiger partial charge in [0.2, 0.25) is 11.8 Å². The molecule has 1 aromatic heterocycles. The highest BCUT2D eigenvalue weighted by Gasteiger charge is 2.30. The molecule has 1 aromatic rings. The van der Waals surface area contributed by atoms with E-state index in [-0.39, 0.29) is 24.8 Å². The predicted octanol–water partition coefficient (Wildman–Crippen LogP) is 2.08. The zero-order valence-electron chi connectivity index (χ0n) is 19.5. The monoisotopic (exact) mass is 478 g/mol. The largest absolute Gasteiger partial charge is 0.489 e. The molecule has 2 amide bonds. The number of carbonyl (C=O) groups is 3. The molecule has 0 saturated carbocycles. The Bertz CT molecular complexity index is 833. The molecule has 2 saturated heterocycles. The maximum atomic E-state index is 13.0. The number of pyridine rings is 1. The van der Waals surface area contributed by atoms with Gasteiger partial charge in [-0.1, -0.05) is 0 Å². The number of aliphatic carboxylic acids is 1. The average molecular weight is 479 g/mol. The molecule has 3 N–H and O–H groups in total. The van der Waals surface area contributed by atoms with Gasteiger partial charge < -0.3 is 25.4 Å². The molecular formula is C24H35FN4O5. The molecule has 2 atom stereocenters. The second kappa shape index (κ2) is 13.2. The lowest BCUT2D eigenvalue weighted by atomic mass is 9.92. The van der Waals surface area contributed by atoms with Crippen LogP contribution in [-0.2, 0) is 14.4 Å². The number of nitrogens with zero attached hydrogens (tertiary/aromatic N) is 2. The number of rotatable bonds is 11. The normalized spacial score (nSPS) is 19.9. The summed E-state index contributed by atoms with van der Waals surface area (Å²) in [5.41, 5.74) is 0.470. The Morgan fingerprint density at radius 3 is 2.79 bits per heavy atom. The Labute approximate surface area is 199 Å². The van der Waals surface area contributed by atoms with Crippen molar-refractivity contribution in [3.8, 4) is 5.75 Å². The minimum atomic E-state index is -1.07. The third kappa shape index (κ3) is 7.93. The zero-order valence-corrected chi connectivity index (χ0v) is 19.5. The fourth-order valence-corrected chi connectivity index (χ4v) is 4.65. The minimum absolute atomic E-state index is 0.0834. The van der Waals surface area contributed by atoms with Crippen LogP contribution >= 0.6 is 0 Å². The van der Waals surface area contributed by atoms with E-state index < -0.39 is 24.6 Å². The summed E-state index contributed by atoms with van der Waals surface area (Å²) < 4.78 is 17.6. The summed E-state index contributed by atoms with van der Waals surface area (Å²) in [6.45, 7) is 2.20. The Morgan fingerprint density at radius 2 is 2.06 bits per heavy atom. The number of piperidine rings is 2. The molecule has 2 aliphatic heterocycles. The number of halogens is 1. The molecule has 2 aliphatic rings. The summed E-state index contributed by atoms with van der Waals surface area (Å²) in [5, 5.41) is 15.5. The van der Waals surface area contributed by atoms with E-state index in [0.717, 1.165) is 38.8 Å². The van der Waals surface area contributed by atoms with Crippen molar-refractivity contribution in [3.63, 3.8) is 0 Å². The summed E-state index contributed by atoms with van der Waals surface area (Å²) >= 11 is 0. The second-order valence-electron chi connectivity index (χ2n) is 9.06. The molecule has 0 bridgehead atoms. The Kier molecular flexibility index (Phi) is 10.1. The fourth-order valence-electron chi connectivity index (χ4n) is 4.65. The Hall–Kier alpha value is -2.75. The first-order valence-electron chi connectivity index (χ1n) is 12.1. The lowest BCUT2D eigenvalue weighted by Gasteiger charge is -2.33. The van der Waals surface area contributed by atoms with Crippen LogP contribution in [0.3, 0.4) is 0 Å². The molecule has 34 heavy (non-hydrogen) atoms. The van der Waals surface area contributed by atoms with E-state index in [1.54, 1.807) is 11.0 Å². The van der Waals surface area contributed by atoms with Crippen LogP contribution in [0.15, 0.2) is 18.5 Å². The van der Waals surface area contributed by atoms with Gasteiger partial charge in [0.25, 0.3) is 0 Å². The van der Waals surface area contributed by atoms with E-state index >= 15 is 0 Å². The number of alkyl halides is 1. The quantitative estimate of drug-likeness (QED) is 0.445. The van der Waals surface area contributed by atoms with Gasteiger partial charge in [0.05, 0.1) is 24.6 Å². The number of carbonyl (C=O) groups excluding carboxylic acids is 2. The van der Waals surface area contributed by atoms with Gasteiger partial charge in [-0.25, -0.2) is 4.39 Å². The van der Waals surface area contributed by atoms with Crippen molar-refractivity contribution in [2.45, 2.75) is 51.0 Å². The number of carboxylic acids is 1. The van der Waals surface area contributed by atoms with Crippen molar-refractivity contribution in [2.75, 3.05) is 39.5 Å². The first-order valence-corrected chi connectivity index (χ1v) is 12.1. The van der Waals surface area contributed by atoms with Gasteiger partial charge in [-0.3, -0.25) is 19.4 Å². The second-order valence-corrected chi connectivity index (χ2v) is 9.06. The molecule has 2 fully saturated rings. The van der Waals surface area contributed by atoms with Gasteiger partial charge in [0.15, 0.2) is 0 Å². The van der Waals surface area contributed by atoms with Crippen molar-refractivity contribution in [1.29, 1.82) is 0 Å². The number of hydrogen-bond acceptors (Lipinski definition) is 6. The summed E-state index contributed by atoms with van der Waals surface area (Å²) in [6, 6.07) is 0.756. The third-order valence-electron chi connectivity index (χ3n) is 6.55. The van der Waals surface area contributed by atoms with Crippen molar-refractivity contribution >= 4 is 17.8 Å². The number of aromatic nitrogens is 1. The van der Waals surface area contributed by atoms with Crippen LogP contribution in [0.4, 0.5) is 4.39 Å². The van der Waals surface area contributed by atoms with Gasteiger partial charge >= 0.3 is 5.97 Å². The van der Waals surface area contributed by atoms with E-state index in [9.17, 15) is 23.9 Å². The average Bonchev–Trinajstić information content (AvgIpc) is 2.86. The molecule has 9 nitrogen and oxygen atoms in total. The fraction of sp³-hybridized carbons (Fsp3) is 0.667. The van der Waals surface area contributed by atoms with Crippen LogP contribution in [-0.4, -0.2) is 72.2 Å². The highest BCUT2D eigenvalue weighted by molar-refractivity contribution is 5.82. The highest BCUT2D eigenvalue weighted by atomic mass is 19.1. The van der Waals surface area contributed by atoms with Crippen LogP contribution in [0.25, 0.3) is 0 Å². The predicted molar refractivity (Wildman–Crippen MR) is 123 cm³/mol. The first-order chi connectivity index (χ1) is 16.5. The topological polar surface area (TPSA) is 121 Å². The summed E-state index contributed by atoms with van der Waals surface area (Å²) in [6.07, 6.45) is 7.49. The molecule has 0 aromatic carbocycles. The molecule has 10 heteroatoms. The molecule has 3 heterocycles. The molecule has 0 spiro atoms. The summed E-state index contributed by atoms with van der Waals surface area (Å²) in [7, 11) is 0. The maximum absolute atomic E-state index is 13.0. The van der Waals surface area contributed by atoms with Crippen LogP contribution < -0.4 is 15.4 Å². The van der Waals surface area contributed by atoms with E-state index in [1.165, 1.54) is 12.4 Å². The molecular weight excluding hydrogens is 443 g/mol. The lowest BCUT2D eigenvalue weighted by Crippen LogP contribution is -2.46. The molecule has 0 aliphatic carbocycles. The van der Waals surface area contributed by atoms with Crippen molar-refractivity contribution in [2.24, 2.45) is 11.8 Å². The van der Waals surface area contributed by atoms with Crippen molar-refractivity contribution in [3.05, 3.63) is 24.0 Å². The third-order valence-corrected chi connectivity index (χ3v) is 6.55. The SMILES string of the molecule is O=C(O)CC(NC(=O)C1CCCN(C(=O)CCC2CCNCC2)C1)c1cncc(OCCF)c1. The molecule has 0 radical (unpaired) electrons. The number of likely N-dealkylation sites (tertiary alicyclic amines) is 1. The van der Waals surface area contributed by atoms with Crippen LogP contribution in [0.5, 0.6) is 5.75 Å². The molecule has 3 rings (SSSR count). The summed E-state index contributed by atoms with van der Waals surface area (Å²) in [5.74, 6) is -0.783. The number of hydrogen-bond donors (Lipinski definition) is 3. The smallest absolute Gasteiger partial charge is 0.305 e. The lowest BCUT2D eigenvalue weighted by molar-refractivity contribution is -0.138. The van der Waals surface area contributed by atoms with Gasteiger partial charge in [-0.2, -0.15) is 0 Å². The summed E-state index contributed by atoms with van der Waals surface area (Å²) in [4.78, 5) is 43.1. The number of nitrogens with one attached hydrogen (secondary N) is 2. The highest BCUT2D eigenvalue weighted by Crippen LogP contribution is 2.24. The number of carboxylic acid groups (broad SMARTS) is 1. The van der Waals surface area contributed by atoms with Crippen LogP contribution in [0, 0.1) is 11.8 Å². The van der Waals surface area contributed by atoms with E-state index in [4.69, 9.17) is 4.74 Å². The first kappa shape index (κ1) is 25.9. The van der Waals surface area contributed by atoms with E-state index in [1.807, 2.05) is 0 Å². The maximum Gasteiger partial charge on any atom is 0.305 e. The van der Waals surface area contributed by atoms with Gasteiger partial charge in [-0.15, -0.1) is 0 Å². The standard InChI is InChI=1S/C24H35FN4O5/c25-7-11-34-20-12-19(14-27-15-20)21(13-23(31)32)28-24(33)18-2-1-10-29(16-18)22(30)4-3-17-5-8-26-9-6-17/h12,14-15,17-18,21,26H,1-11,13,16H2,(H,28,33)(H,31,32). The Morgan fingerprint density at radius 1 is 1.26 bits per heavy atom. The zero-order chi connectivity index (χ0) is 24.3. The van der Waals surface area contributed by atoms with E-state index in [2.05, 4.69) is 15.6 Å². The van der Waals surface area contributed by atoms with E-state index in [0.29, 0.717) is 43.2 Å². The van der Waals surface area contributed by atoms with Crippen molar-refractivity contribution in [1.82, 2.24) is 20.5 Å². The number of amides is 2. The van der Waals surface area contributed by atoms with Crippen molar-refractivity contribution < 1.29 is 28.6 Å². The van der Waals surface area contributed by atoms with Gasteiger partial charge in [-0.05, 0) is 62.7 Å². The van der Waals surface area contributed by atoms with Gasteiger partial charge in [0.1, 0.15) is 19.0 Å². The van der Waals surface area contributed by atoms with Crippen LogP contribution in [0.2, 0.25) is 0 Å². The molecule has 188 valence electrons. The minimum Gasteiger partial charge on any atom is -0.489 e. The number of ether oxygens (including phenoxy) is 1. The Balaban J connectivity index is 1.57.